The third-order valence-corrected chi connectivity index (χ3v) is 5.94. The summed E-state index contributed by atoms with van der Waals surface area (Å²) in [5, 5.41) is 0.515. The van der Waals surface area contributed by atoms with E-state index in [0.29, 0.717) is 0 Å². The van der Waals surface area contributed by atoms with E-state index in [0.717, 1.165) is 49.6 Å². The standard InChI is InChI=1S/C17H22Cl2N2O/c1-13-11-14(3-4-15(13)18)12-21-8-2-5-17(21)6-9-20(10-7-17)16(19)22/h3-4,11H,2,5-10,12H2,1H3. The Bertz CT molecular complexity index is 568. The van der Waals surface area contributed by atoms with Gasteiger partial charge in [0.15, 0.2) is 0 Å². The molecule has 120 valence electrons. The number of halogens is 2. The lowest BCUT2D eigenvalue weighted by Gasteiger charge is -2.44. The van der Waals surface area contributed by atoms with Gasteiger partial charge in [0, 0.05) is 30.2 Å². The number of benzene rings is 1. The quantitative estimate of drug-likeness (QED) is 0.587. The third-order valence-electron chi connectivity index (χ3n) is 5.28. The predicted octanol–water partition coefficient (Wildman–Crippen LogP) is 4.44. The Kier molecular flexibility index (Phi) is 4.67. The molecule has 3 nitrogen and oxygen atoms in total. The van der Waals surface area contributed by atoms with Crippen molar-refractivity contribution < 1.29 is 4.79 Å². The second-order valence-electron chi connectivity index (χ2n) is 6.57. The molecule has 1 amide bonds. The van der Waals surface area contributed by atoms with Crippen LogP contribution in [0, 0.1) is 6.92 Å². The summed E-state index contributed by atoms with van der Waals surface area (Å²) < 4.78 is 0. The first kappa shape index (κ1) is 16.1. The first-order valence-electron chi connectivity index (χ1n) is 7.95. The van der Waals surface area contributed by atoms with Gasteiger partial charge in [0.2, 0.25) is 0 Å². The molecule has 0 aliphatic carbocycles. The van der Waals surface area contributed by atoms with Gasteiger partial charge in [0.1, 0.15) is 0 Å². The van der Waals surface area contributed by atoms with E-state index in [1.54, 1.807) is 4.90 Å². The highest BCUT2D eigenvalue weighted by Gasteiger charge is 2.43. The fourth-order valence-corrected chi connectivity index (χ4v) is 4.22. The summed E-state index contributed by atoms with van der Waals surface area (Å²) in [5.41, 5.74) is 2.70. The van der Waals surface area contributed by atoms with Gasteiger partial charge in [-0.05, 0) is 67.9 Å². The molecule has 0 radical (unpaired) electrons. The number of hydrogen-bond acceptors (Lipinski definition) is 2. The minimum Gasteiger partial charge on any atom is -0.329 e. The van der Waals surface area contributed by atoms with Crippen molar-refractivity contribution >= 4 is 28.6 Å². The minimum absolute atomic E-state index is 0.246. The molecule has 5 heteroatoms. The molecule has 0 atom stereocenters. The topological polar surface area (TPSA) is 23.6 Å². The van der Waals surface area contributed by atoms with Crippen molar-refractivity contribution in [3.05, 3.63) is 34.3 Å². The number of amides is 1. The Labute approximate surface area is 142 Å². The van der Waals surface area contributed by atoms with Crippen molar-refractivity contribution in [1.82, 2.24) is 9.80 Å². The monoisotopic (exact) mass is 340 g/mol. The average Bonchev–Trinajstić information content (AvgIpc) is 2.86. The molecule has 2 aliphatic rings. The van der Waals surface area contributed by atoms with Crippen molar-refractivity contribution in [2.75, 3.05) is 19.6 Å². The molecule has 0 aromatic heterocycles. The lowest BCUT2D eigenvalue weighted by atomic mass is 9.85. The summed E-state index contributed by atoms with van der Waals surface area (Å²) in [4.78, 5) is 15.7. The number of hydrogen-bond donors (Lipinski definition) is 0. The van der Waals surface area contributed by atoms with Crippen molar-refractivity contribution in [2.45, 2.75) is 44.7 Å². The molecule has 1 aromatic carbocycles. The maximum Gasteiger partial charge on any atom is 0.316 e. The predicted molar refractivity (Wildman–Crippen MR) is 90.6 cm³/mol. The highest BCUT2D eigenvalue weighted by molar-refractivity contribution is 6.62. The van der Waals surface area contributed by atoms with Crippen LogP contribution in [0.2, 0.25) is 5.02 Å². The van der Waals surface area contributed by atoms with Gasteiger partial charge in [-0.25, -0.2) is 0 Å². The molecule has 0 N–H and O–H groups in total. The van der Waals surface area contributed by atoms with Crippen LogP contribution in [-0.4, -0.2) is 40.3 Å². The van der Waals surface area contributed by atoms with E-state index in [2.05, 4.69) is 24.0 Å². The molecule has 0 saturated carbocycles. The summed E-state index contributed by atoms with van der Waals surface area (Å²) >= 11 is 11.7. The van der Waals surface area contributed by atoms with Crippen LogP contribution in [0.5, 0.6) is 0 Å². The number of likely N-dealkylation sites (tertiary alicyclic amines) is 2. The zero-order valence-electron chi connectivity index (χ0n) is 12.9. The lowest BCUT2D eigenvalue weighted by molar-refractivity contribution is 0.0627. The molecule has 0 bridgehead atoms. The van der Waals surface area contributed by atoms with Crippen LogP contribution in [0.15, 0.2) is 18.2 Å². The Morgan fingerprint density at radius 3 is 2.59 bits per heavy atom. The van der Waals surface area contributed by atoms with Crippen molar-refractivity contribution in [2.24, 2.45) is 0 Å². The fourth-order valence-electron chi connectivity index (χ4n) is 3.93. The summed E-state index contributed by atoms with van der Waals surface area (Å²) in [6.45, 7) is 5.70. The van der Waals surface area contributed by atoms with E-state index in [1.807, 2.05) is 6.07 Å². The molecule has 2 heterocycles. The second-order valence-corrected chi connectivity index (χ2v) is 7.30. The van der Waals surface area contributed by atoms with Crippen LogP contribution >= 0.6 is 23.2 Å². The maximum absolute atomic E-state index is 11.3. The SMILES string of the molecule is Cc1cc(CN2CCCC23CCN(C(=O)Cl)CC3)ccc1Cl. The van der Waals surface area contributed by atoms with E-state index in [-0.39, 0.29) is 10.9 Å². The van der Waals surface area contributed by atoms with Crippen molar-refractivity contribution in [3.8, 4) is 0 Å². The van der Waals surface area contributed by atoms with Gasteiger partial charge in [-0.2, -0.15) is 0 Å². The lowest BCUT2D eigenvalue weighted by Crippen LogP contribution is -2.52. The minimum atomic E-state index is -0.312. The number of carbonyl (C=O) groups excluding carboxylic acids is 1. The van der Waals surface area contributed by atoms with Crippen LogP contribution < -0.4 is 0 Å². The zero-order chi connectivity index (χ0) is 15.7. The number of rotatable bonds is 2. The van der Waals surface area contributed by atoms with Gasteiger partial charge in [-0.3, -0.25) is 9.69 Å². The largest absolute Gasteiger partial charge is 0.329 e. The molecule has 22 heavy (non-hydrogen) atoms. The molecule has 1 aromatic rings. The Morgan fingerprint density at radius 2 is 1.95 bits per heavy atom. The number of nitrogens with zero attached hydrogens (tertiary/aromatic N) is 2. The molecule has 3 rings (SSSR count). The van der Waals surface area contributed by atoms with Gasteiger partial charge in [-0.15, -0.1) is 0 Å². The normalized spacial score (nSPS) is 21.5. The van der Waals surface area contributed by atoms with Gasteiger partial charge in [0.25, 0.3) is 0 Å². The summed E-state index contributed by atoms with van der Waals surface area (Å²) in [6.07, 6.45) is 4.52. The Morgan fingerprint density at radius 1 is 1.23 bits per heavy atom. The van der Waals surface area contributed by atoms with E-state index < -0.39 is 0 Å². The van der Waals surface area contributed by atoms with E-state index in [1.165, 1.54) is 18.4 Å². The number of carbonyl (C=O) groups is 1. The summed E-state index contributed by atoms with van der Waals surface area (Å²) in [5.74, 6) is 0. The number of aryl methyl sites for hydroxylation is 1. The molecule has 2 fully saturated rings. The summed E-state index contributed by atoms with van der Waals surface area (Å²) in [7, 11) is 0. The molecule has 0 unspecified atom stereocenters. The van der Waals surface area contributed by atoms with Crippen LogP contribution in [0.4, 0.5) is 4.79 Å². The fraction of sp³-hybridized carbons (Fsp3) is 0.588. The van der Waals surface area contributed by atoms with Crippen molar-refractivity contribution in [3.63, 3.8) is 0 Å². The van der Waals surface area contributed by atoms with E-state index in [4.69, 9.17) is 23.2 Å². The van der Waals surface area contributed by atoms with Crippen LogP contribution in [-0.2, 0) is 6.54 Å². The zero-order valence-corrected chi connectivity index (χ0v) is 14.5. The van der Waals surface area contributed by atoms with Crippen LogP contribution in [0.1, 0.15) is 36.8 Å². The van der Waals surface area contributed by atoms with Crippen molar-refractivity contribution in [1.29, 1.82) is 0 Å². The van der Waals surface area contributed by atoms with Gasteiger partial charge < -0.3 is 4.90 Å². The third kappa shape index (κ3) is 3.12. The first-order valence-corrected chi connectivity index (χ1v) is 8.70. The van der Waals surface area contributed by atoms with E-state index >= 15 is 0 Å². The molecule has 2 aliphatic heterocycles. The van der Waals surface area contributed by atoms with Gasteiger partial charge in [-0.1, -0.05) is 23.7 Å². The second kappa shape index (κ2) is 6.38. The van der Waals surface area contributed by atoms with Crippen LogP contribution in [0.3, 0.4) is 0 Å². The highest BCUT2D eigenvalue weighted by Crippen LogP contribution is 2.39. The number of piperidine rings is 1. The maximum atomic E-state index is 11.3. The van der Waals surface area contributed by atoms with Gasteiger partial charge in [0.05, 0.1) is 0 Å². The molecular formula is C17H22Cl2N2O. The smallest absolute Gasteiger partial charge is 0.316 e. The molecular weight excluding hydrogens is 319 g/mol. The van der Waals surface area contributed by atoms with Gasteiger partial charge >= 0.3 is 5.37 Å². The first-order chi connectivity index (χ1) is 10.5. The Hall–Kier alpha value is -0.770. The van der Waals surface area contributed by atoms with E-state index in [9.17, 15) is 4.79 Å². The van der Waals surface area contributed by atoms with Crippen LogP contribution in [0.25, 0.3) is 0 Å². The molecule has 1 spiro atoms. The highest BCUT2D eigenvalue weighted by atomic mass is 35.5. The summed E-state index contributed by atoms with van der Waals surface area (Å²) in [6, 6.07) is 6.30. The Balaban J connectivity index is 1.71. The average molecular weight is 341 g/mol. The molecule has 2 saturated heterocycles.